The van der Waals surface area contributed by atoms with Crippen LogP contribution in [0.3, 0.4) is 0 Å². The quantitative estimate of drug-likeness (QED) is 0.815. The maximum Gasteiger partial charge on any atom is 0.323 e. The molecule has 0 aliphatic rings. The average Bonchev–Trinajstić information content (AvgIpc) is 2.83. The van der Waals surface area contributed by atoms with E-state index in [1.165, 1.54) is 18.1 Å². The predicted octanol–water partition coefficient (Wildman–Crippen LogP) is 1.75. The fourth-order valence-corrected chi connectivity index (χ4v) is 1.65. The number of furan rings is 1. The number of rotatable bonds is 7. The van der Waals surface area contributed by atoms with E-state index in [0.717, 1.165) is 0 Å². The molecule has 6 nitrogen and oxygen atoms in total. The first-order chi connectivity index (χ1) is 8.99. The molecule has 0 aliphatic heterocycles. The summed E-state index contributed by atoms with van der Waals surface area (Å²) in [5.74, 6) is -0.796. The third-order valence-electron chi connectivity index (χ3n) is 2.85. The minimum Gasteiger partial charge on any atom is -0.480 e. The van der Waals surface area contributed by atoms with Crippen LogP contribution in [-0.4, -0.2) is 41.6 Å². The fraction of sp³-hybridized carbons (Fsp3) is 0.538. The molecule has 1 amide bonds. The van der Waals surface area contributed by atoms with Crippen molar-refractivity contribution < 1.29 is 23.8 Å². The smallest absolute Gasteiger partial charge is 0.323 e. The van der Waals surface area contributed by atoms with E-state index in [9.17, 15) is 9.59 Å². The lowest BCUT2D eigenvalue weighted by Gasteiger charge is -2.25. The van der Waals surface area contributed by atoms with Gasteiger partial charge in [0.05, 0.1) is 0 Å². The first kappa shape index (κ1) is 15.2. The van der Waals surface area contributed by atoms with Crippen LogP contribution in [0.25, 0.3) is 0 Å². The third-order valence-corrected chi connectivity index (χ3v) is 2.85. The summed E-state index contributed by atoms with van der Waals surface area (Å²) < 4.78 is 10.2. The zero-order valence-electron chi connectivity index (χ0n) is 11.4. The summed E-state index contributed by atoms with van der Waals surface area (Å²) in [6.07, 6.45) is 0.671. The van der Waals surface area contributed by atoms with Crippen molar-refractivity contribution in [2.24, 2.45) is 0 Å². The van der Waals surface area contributed by atoms with Gasteiger partial charge in [-0.25, -0.2) is 0 Å². The lowest BCUT2D eigenvalue weighted by Crippen LogP contribution is -2.41. The van der Waals surface area contributed by atoms with Crippen molar-refractivity contribution in [1.29, 1.82) is 0 Å². The van der Waals surface area contributed by atoms with Gasteiger partial charge in [-0.05, 0) is 25.5 Å². The van der Waals surface area contributed by atoms with Crippen LogP contribution in [0, 0.1) is 0 Å². The van der Waals surface area contributed by atoms with E-state index in [1.54, 1.807) is 13.0 Å². The van der Waals surface area contributed by atoms with Gasteiger partial charge in [0, 0.05) is 13.2 Å². The number of nitrogens with zero attached hydrogens (tertiary/aromatic N) is 1. The van der Waals surface area contributed by atoms with E-state index in [1.807, 2.05) is 6.92 Å². The molecule has 0 saturated heterocycles. The molecule has 1 rings (SSSR count). The van der Waals surface area contributed by atoms with Gasteiger partial charge in [0.2, 0.25) is 0 Å². The van der Waals surface area contributed by atoms with Gasteiger partial charge in [-0.1, -0.05) is 6.92 Å². The summed E-state index contributed by atoms with van der Waals surface area (Å²) in [5, 5.41) is 8.87. The summed E-state index contributed by atoms with van der Waals surface area (Å²) in [5.41, 5.74) is 0. The minimum absolute atomic E-state index is 0.133. The van der Waals surface area contributed by atoms with Crippen molar-refractivity contribution in [2.45, 2.75) is 32.9 Å². The zero-order valence-corrected chi connectivity index (χ0v) is 11.4. The number of hydrogen-bond acceptors (Lipinski definition) is 4. The van der Waals surface area contributed by atoms with Crippen LogP contribution >= 0.6 is 0 Å². The van der Waals surface area contributed by atoms with Crippen molar-refractivity contribution in [2.75, 3.05) is 13.7 Å². The standard InChI is InChI=1S/C13H19NO5/c1-4-9(2)14(7-12(15)16)13(17)11-6-5-10(19-11)8-18-3/h5-6,9H,4,7-8H2,1-3H3,(H,15,16). The molecule has 1 unspecified atom stereocenters. The zero-order chi connectivity index (χ0) is 14.4. The molecular formula is C13H19NO5. The molecule has 0 aliphatic carbocycles. The number of carbonyl (C=O) groups excluding carboxylic acids is 1. The van der Waals surface area contributed by atoms with Gasteiger partial charge in [-0.2, -0.15) is 0 Å². The second kappa shape index (κ2) is 6.94. The molecular weight excluding hydrogens is 250 g/mol. The van der Waals surface area contributed by atoms with Crippen molar-refractivity contribution in [3.8, 4) is 0 Å². The van der Waals surface area contributed by atoms with E-state index < -0.39 is 11.9 Å². The first-order valence-corrected chi connectivity index (χ1v) is 6.10. The molecule has 1 heterocycles. The normalized spacial score (nSPS) is 12.2. The molecule has 0 spiro atoms. The molecule has 0 aromatic carbocycles. The van der Waals surface area contributed by atoms with Gasteiger partial charge in [0.1, 0.15) is 18.9 Å². The molecule has 1 aromatic heterocycles. The molecule has 1 aromatic rings. The Hall–Kier alpha value is -1.82. The Bertz CT molecular complexity index is 440. The number of carbonyl (C=O) groups is 2. The highest BCUT2D eigenvalue weighted by Gasteiger charge is 2.25. The minimum atomic E-state index is -1.04. The van der Waals surface area contributed by atoms with E-state index >= 15 is 0 Å². The van der Waals surface area contributed by atoms with Crippen LogP contribution in [0.2, 0.25) is 0 Å². The van der Waals surface area contributed by atoms with Crippen molar-refractivity contribution in [3.05, 3.63) is 23.7 Å². The van der Waals surface area contributed by atoms with Gasteiger partial charge >= 0.3 is 5.97 Å². The van der Waals surface area contributed by atoms with Gasteiger partial charge in [-0.3, -0.25) is 9.59 Å². The number of methoxy groups -OCH3 is 1. The van der Waals surface area contributed by atoms with Gasteiger partial charge in [0.15, 0.2) is 5.76 Å². The molecule has 106 valence electrons. The Morgan fingerprint density at radius 2 is 2.16 bits per heavy atom. The summed E-state index contributed by atoms with van der Waals surface area (Å²) in [4.78, 5) is 24.3. The fourth-order valence-electron chi connectivity index (χ4n) is 1.65. The molecule has 0 bridgehead atoms. The number of amides is 1. The lowest BCUT2D eigenvalue weighted by molar-refractivity contribution is -0.138. The predicted molar refractivity (Wildman–Crippen MR) is 67.8 cm³/mol. The number of ether oxygens (including phenoxy) is 1. The monoisotopic (exact) mass is 269 g/mol. The first-order valence-electron chi connectivity index (χ1n) is 6.10. The maximum atomic E-state index is 12.2. The SMILES string of the molecule is CCC(C)N(CC(=O)O)C(=O)c1ccc(COC)o1. The Morgan fingerprint density at radius 3 is 2.68 bits per heavy atom. The van der Waals surface area contributed by atoms with Crippen molar-refractivity contribution in [3.63, 3.8) is 0 Å². The highest BCUT2D eigenvalue weighted by atomic mass is 16.5. The van der Waals surface area contributed by atoms with Gasteiger partial charge in [-0.15, -0.1) is 0 Å². The highest BCUT2D eigenvalue weighted by molar-refractivity contribution is 5.93. The topological polar surface area (TPSA) is 80.0 Å². The van der Waals surface area contributed by atoms with Crippen LogP contribution < -0.4 is 0 Å². The van der Waals surface area contributed by atoms with E-state index in [2.05, 4.69) is 0 Å². The second-order valence-corrected chi connectivity index (χ2v) is 4.28. The third kappa shape index (κ3) is 4.10. The molecule has 1 N–H and O–H groups in total. The molecule has 1 atom stereocenters. The number of carboxylic acids is 1. The van der Waals surface area contributed by atoms with E-state index in [0.29, 0.717) is 12.2 Å². The molecule has 6 heteroatoms. The number of hydrogen-bond donors (Lipinski definition) is 1. The van der Waals surface area contributed by atoms with Crippen LogP contribution in [0.5, 0.6) is 0 Å². The molecule has 0 radical (unpaired) electrons. The highest BCUT2D eigenvalue weighted by Crippen LogP contribution is 2.14. The number of carboxylic acid groups (broad SMARTS) is 1. The average molecular weight is 269 g/mol. The van der Waals surface area contributed by atoms with Crippen LogP contribution in [0.4, 0.5) is 0 Å². The Balaban J connectivity index is 2.87. The summed E-state index contributed by atoms with van der Waals surface area (Å²) in [6, 6.07) is 3.01. The Kier molecular flexibility index (Phi) is 5.57. The van der Waals surface area contributed by atoms with Crippen LogP contribution in [-0.2, 0) is 16.1 Å². The van der Waals surface area contributed by atoms with E-state index in [4.69, 9.17) is 14.3 Å². The lowest BCUT2D eigenvalue weighted by atomic mass is 10.2. The summed E-state index contributed by atoms with van der Waals surface area (Å²) >= 11 is 0. The Labute approximate surface area is 112 Å². The van der Waals surface area contributed by atoms with Crippen LogP contribution in [0.1, 0.15) is 36.6 Å². The summed E-state index contributed by atoms with van der Waals surface area (Å²) in [6.45, 7) is 3.63. The Morgan fingerprint density at radius 1 is 1.47 bits per heavy atom. The van der Waals surface area contributed by atoms with Crippen molar-refractivity contribution >= 4 is 11.9 Å². The van der Waals surface area contributed by atoms with Crippen molar-refractivity contribution in [1.82, 2.24) is 4.90 Å². The molecule has 0 fully saturated rings. The van der Waals surface area contributed by atoms with E-state index in [-0.39, 0.29) is 25.0 Å². The molecule has 0 saturated carbocycles. The summed E-state index contributed by atoms with van der Waals surface area (Å²) in [7, 11) is 1.53. The largest absolute Gasteiger partial charge is 0.480 e. The van der Waals surface area contributed by atoms with Crippen LogP contribution in [0.15, 0.2) is 16.5 Å². The van der Waals surface area contributed by atoms with Gasteiger partial charge < -0.3 is 19.2 Å². The number of aliphatic carboxylic acids is 1. The second-order valence-electron chi connectivity index (χ2n) is 4.28. The molecule has 19 heavy (non-hydrogen) atoms. The maximum absolute atomic E-state index is 12.2. The van der Waals surface area contributed by atoms with Gasteiger partial charge in [0.25, 0.3) is 5.91 Å².